The minimum absolute atomic E-state index is 0.560. The van der Waals surface area contributed by atoms with Crippen molar-refractivity contribution in [1.82, 2.24) is 14.9 Å². The largest absolute Gasteiger partial charge is 0.295 e. The van der Waals surface area contributed by atoms with Gasteiger partial charge < -0.3 is 0 Å². The number of likely N-dealkylation sites (tertiary alicyclic amines) is 1. The summed E-state index contributed by atoms with van der Waals surface area (Å²) in [6.45, 7) is 2.50. The first-order chi connectivity index (χ1) is 7.45. The summed E-state index contributed by atoms with van der Waals surface area (Å²) in [7, 11) is 0. The monoisotopic (exact) mass is 203 g/mol. The van der Waals surface area contributed by atoms with Gasteiger partial charge in [-0.15, -0.1) is 0 Å². The predicted molar refractivity (Wildman–Crippen MR) is 58.5 cm³/mol. The van der Waals surface area contributed by atoms with Gasteiger partial charge in [-0.25, -0.2) is 0 Å². The highest BCUT2D eigenvalue weighted by molar-refractivity contribution is 5.18. The molecule has 80 valence electrons. The Morgan fingerprint density at radius 1 is 1.07 bits per heavy atom. The van der Waals surface area contributed by atoms with E-state index < -0.39 is 0 Å². The lowest BCUT2D eigenvalue weighted by Gasteiger charge is -2.31. The predicted octanol–water partition coefficient (Wildman–Crippen LogP) is 1.95. The molecule has 0 saturated carbocycles. The Morgan fingerprint density at radius 3 is 2.73 bits per heavy atom. The average Bonchev–Trinajstić information content (AvgIpc) is 2.82. The highest BCUT2D eigenvalue weighted by atomic mass is 15.2. The number of hydrogen-bond acceptors (Lipinski definition) is 3. The molecule has 0 aromatic carbocycles. The summed E-state index contributed by atoms with van der Waals surface area (Å²) in [5.74, 6) is 0. The Morgan fingerprint density at radius 2 is 1.87 bits per heavy atom. The van der Waals surface area contributed by atoms with Crippen LogP contribution in [0.15, 0.2) is 12.4 Å². The third-order valence-electron chi connectivity index (χ3n) is 3.59. The lowest BCUT2D eigenvalue weighted by Crippen LogP contribution is -2.29. The van der Waals surface area contributed by atoms with Gasteiger partial charge in [0.2, 0.25) is 0 Å². The summed E-state index contributed by atoms with van der Waals surface area (Å²) < 4.78 is 0. The van der Waals surface area contributed by atoms with Crippen LogP contribution in [-0.2, 0) is 6.42 Å². The lowest BCUT2D eigenvalue weighted by molar-refractivity contribution is 0.215. The number of nitrogens with zero attached hydrogens (tertiary/aromatic N) is 3. The number of aromatic nitrogens is 2. The van der Waals surface area contributed by atoms with Crippen LogP contribution in [0.1, 0.15) is 43.1 Å². The minimum atomic E-state index is 0.560. The van der Waals surface area contributed by atoms with E-state index in [2.05, 4.69) is 14.9 Å². The fourth-order valence-corrected chi connectivity index (χ4v) is 2.86. The van der Waals surface area contributed by atoms with Gasteiger partial charge >= 0.3 is 0 Å². The highest BCUT2D eigenvalue weighted by Crippen LogP contribution is 2.33. The van der Waals surface area contributed by atoms with E-state index in [1.54, 1.807) is 0 Å². The second-order valence-electron chi connectivity index (χ2n) is 4.54. The van der Waals surface area contributed by atoms with Crippen molar-refractivity contribution in [3.8, 4) is 0 Å². The van der Waals surface area contributed by atoms with Crippen LogP contribution in [0.4, 0.5) is 0 Å². The third kappa shape index (κ3) is 1.65. The summed E-state index contributed by atoms with van der Waals surface area (Å²) in [5, 5.41) is 0. The molecule has 2 heterocycles. The van der Waals surface area contributed by atoms with E-state index in [0.29, 0.717) is 6.04 Å². The molecular formula is C12H17N3. The first kappa shape index (κ1) is 9.28. The second-order valence-corrected chi connectivity index (χ2v) is 4.54. The second kappa shape index (κ2) is 3.89. The molecule has 2 aliphatic rings. The Bertz CT molecular complexity index is 344. The van der Waals surface area contributed by atoms with Gasteiger partial charge in [0, 0.05) is 12.4 Å². The molecule has 1 aromatic rings. The molecule has 3 rings (SSSR count). The zero-order valence-electron chi connectivity index (χ0n) is 9.02. The topological polar surface area (TPSA) is 29.0 Å². The van der Waals surface area contributed by atoms with Crippen LogP contribution in [0.3, 0.4) is 0 Å². The maximum atomic E-state index is 4.54. The highest BCUT2D eigenvalue weighted by Gasteiger charge is 2.29. The van der Waals surface area contributed by atoms with Crippen molar-refractivity contribution in [2.45, 2.75) is 38.1 Å². The van der Waals surface area contributed by atoms with Crippen LogP contribution in [0.2, 0.25) is 0 Å². The van der Waals surface area contributed by atoms with Gasteiger partial charge in [0.25, 0.3) is 0 Å². The summed E-state index contributed by atoms with van der Waals surface area (Å²) in [6, 6.07) is 0.560. The Hall–Kier alpha value is -0.960. The van der Waals surface area contributed by atoms with Gasteiger partial charge in [-0.05, 0) is 45.2 Å². The molecule has 0 amide bonds. The molecular weight excluding hydrogens is 186 g/mol. The quantitative estimate of drug-likeness (QED) is 0.698. The molecule has 0 radical (unpaired) electrons. The minimum Gasteiger partial charge on any atom is -0.295 e. The fourth-order valence-electron chi connectivity index (χ4n) is 2.86. The normalized spacial score (nSPS) is 26.5. The van der Waals surface area contributed by atoms with Gasteiger partial charge in [-0.1, -0.05) is 0 Å². The van der Waals surface area contributed by atoms with Gasteiger partial charge in [-0.2, -0.15) is 0 Å². The Kier molecular flexibility index (Phi) is 2.41. The summed E-state index contributed by atoms with van der Waals surface area (Å²) in [5.41, 5.74) is 2.49. The molecule has 1 aromatic heterocycles. The zero-order chi connectivity index (χ0) is 10.1. The van der Waals surface area contributed by atoms with Crippen molar-refractivity contribution in [3.63, 3.8) is 0 Å². The smallest absolute Gasteiger partial charge is 0.0790 e. The summed E-state index contributed by atoms with van der Waals surface area (Å²) in [6.07, 6.45) is 10.0. The van der Waals surface area contributed by atoms with Crippen molar-refractivity contribution in [2.75, 3.05) is 13.1 Å². The molecule has 0 N–H and O–H groups in total. The van der Waals surface area contributed by atoms with Crippen LogP contribution in [0.25, 0.3) is 0 Å². The molecule has 1 fully saturated rings. The van der Waals surface area contributed by atoms with Crippen LogP contribution >= 0.6 is 0 Å². The molecule has 1 atom stereocenters. The van der Waals surface area contributed by atoms with E-state index in [0.717, 1.165) is 6.42 Å². The van der Waals surface area contributed by atoms with Gasteiger partial charge in [0.1, 0.15) is 0 Å². The van der Waals surface area contributed by atoms with Crippen molar-refractivity contribution in [2.24, 2.45) is 0 Å². The van der Waals surface area contributed by atoms with Gasteiger partial charge in [-0.3, -0.25) is 14.9 Å². The van der Waals surface area contributed by atoms with Gasteiger partial charge in [0.15, 0.2) is 0 Å². The fraction of sp³-hybridized carbons (Fsp3) is 0.667. The standard InChI is InChI=1S/C12H17N3/c1-2-9-15(8-1)11-5-3-4-10-12(11)14-7-6-13-10/h6-7,11H,1-5,8-9H2/t11-/m0/s1. The molecule has 15 heavy (non-hydrogen) atoms. The Balaban J connectivity index is 1.91. The first-order valence-corrected chi connectivity index (χ1v) is 5.99. The molecule has 0 spiro atoms. The molecule has 0 unspecified atom stereocenters. The van der Waals surface area contributed by atoms with Crippen LogP contribution < -0.4 is 0 Å². The van der Waals surface area contributed by atoms with E-state index >= 15 is 0 Å². The molecule has 1 saturated heterocycles. The number of hydrogen-bond donors (Lipinski definition) is 0. The summed E-state index contributed by atoms with van der Waals surface area (Å²) >= 11 is 0. The molecule has 1 aliphatic heterocycles. The SMILES string of the molecule is c1cnc2c(n1)CCC[C@@H]2N1CCCC1. The Labute approximate surface area is 90.5 Å². The van der Waals surface area contributed by atoms with Crippen molar-refractivity contribution < 1.29 is 0 Å². The van der Waals surface area contributed by atoms with Crippen molar-refractivity contribution in [3.05, 3.63) is 23.8 Å². The van der Waals surface area contributed by atoms with E-state index in [4.69, 9.17) is 0 Å². The first-order valence-electron chi connectivity index (χ1n) is 5.99. The van der Waals surface area contributed by atoms with E-state index in [1.807, 2.05) is 12.4 Å². The average molecular weight is 203 g/mol. The van der Waals surface area contributed by atoms with E-state index in [1.165, 1.54) is 50.2 Å². The maximum Gasteiger partial charge on any atom is 0.0790 e. The molecule has 0 bridgehead atoms. The molecule has 3 heteroatoms. The van der Waals surface area contributed by atoms with E-state index in [-0.39, 0.29) is 0 Å². The number of aryl methyl sites for hydroxylation is 1. The van der Waals surface area contributed by atoms with Crippen LogP contribution in [-0.4, -0.2) is 28.0 Å². The van der Waals surface area contributed by atoms with Gasteiger partial charge in [0.05, 0.1) is 17.4 Å². The van der Waals surface area contributed by atoms with E-state index in [9.17, 15) is 0 Å². The third-order valence-corrected chi connectivity index (χ3v) is 3.59. The zero-order valence-corrected chi connectivity index (χ0v) is 9.02. The molecule has 3 nitrogen and oxygen atoms in total. The van der Waals surface area contributed by atoms with Crippen LogP contribution in [0.5, 0.6) is 0 Å². The maximum absolute atomic E-state index is 4.54. The van der Waals surface area contributed by atoms with Crippen molar-refractivity contribution in [1.29, 1.82) is 0 Å². The molecule has 1 aliphatic carbocycles. The lowest BCUT2D eigenvalue weighted by atomic mass is 9.94. The number of fused-ring (bicyclic) bond motifs is 1. The summed E-state index contributed by atoms with van der Waals surface area (Å²) in [4.78, 5) is 11.6. The van der Waals surface area contributed by atoms with Crippen LogP contribution in [0, 0.1) is 0 Å². The number of rotatable bonds is 1. The van der Waals surface area contributed by atoms with Crippen molar-refractivity contribution >= 4 is 0 Å².